The lowest BCUT2D eigenvalue weighted by Crippen LogP contribution is -2.74. The molecule has 0 aromatic rings. The second kappa shape index (κ2) is 7.55. The Bertz CT molecular complexity index is 990. The summed E-state index contributed by atoms with van der Waals surface area (Å²) in [4.78, 5) is 11.9. The summed E-state index contributed by atoms with van der Waals surface area (Å²) in [6, 6.07) is 0. The van der Waals surface area contributed by atoms with Gasteiger partial charge in [-0.15, -0.1) is 0 Å². The van der Waals surface area contributed by atoms with Gasteiger partial charge in [0.25, 0.3) is 0 Å². The fraction of sp³-hybridized carbons (Fsp3) is 0.969. The lowest BCUT2D eigenvalue weighted by Gasteiger charge is -2.74. The van der Waals surface area contributed by atoms with Crippen molar-refractivity contribution in [2.45, 2.75) is 144 Å². The van der Waals surface area contributed by atoms with Crippen LogP contribution < -0.4 is 0 Å². The summed E-state index contributed by atoms with van der Waals surface area (Å²) in [6.45, 7) is 18.4. The zero-order valence-corrected chi connectivity index (χ0v) is 24.7. The second-order valence-electron chi connectivity index (χ2n) is 16.5. The second-order valence-corrected chi connectivity index (χ2v) is 16.5. The SMILES string of the molecule is CC(=O)OC1CCC2(C)C(CCC3(C)C2CCC24OC(O)C5(CCC(C)(C)CC52)C(O)CC34C)C1(C)C. The first-order valence-electron chi connectivity index (χ1n) is 15.2. The van der Waals surface area contributed by atoms with Crippen molar-refractivity contribution in [3.63, 3.8) is 0 Å². The number of esters is 1. The molecule has 37 heavy (non-hydrogen) atoms. The van der Waals surface area contributed by atoms with Crippen LogP contribution in [-0.4, -0.2) is 40.3 Å². The standard InChI is InChI=1S/C32H52O5/c1-19(33)36-24-11-12-28(6)20(27(24,4)5)9-13-29(7)21(28)10-14-32-22-17-26(2,3)15-16-31(22,25(35)37-32)23(34)18-30(29,32)8/h20-25,34-35H,9-18H2,1-8H3. The lowest BCUT2D eigenvalue weighted by molar-refractivity contribution is -0.303. The zero-order valence-electron chi connectivity index (χ0n) is 24.7. The van der Waals surface area contributed by atoms with Crippen molar-refractivity contribution in [1.29, 1.82) is 0 Å². The molecule has 0 aromatic carbocycles. The van der Waals surface area contributed by atoms with Crippen molar-refractivity contribution in [3.8, 4) is 0 Å². The highest BCUT2D eigenvalue weighted by molar-refractivity contribution is 5.66. The average molecular weight is 517 g/mol. The van der Waals surface area contributed by atoms with Crippen LogP contribution in [0.3, 0.4) is 0 Å². The van der Waals surface area contributed by atoms with E-state index >= 15 is 0 Å². The average Bonchev–Trinajstić information content (AvgIpc) is 2.98. The Kier molecular flexibility index (Phi) is 5.42. The molecule has 0 aromatic heterocycles. The summed E-state index contributed by atoms with van der Waals surface area (Å²) in [6.07, 6.45) is 8.53. The molecule has 210 valence electrons. The van der Waals surface area contributed by atoms with E-state index in [1.54, 1.807) is 6.92 Å². The number of carbonyl (C=O) groups is 1. The third-order valence-electron chi connectivity index (χ3n) is 14.5. The number of aliphatic hydroxyl groups excluding tert-OH is 2. The van der Waals surface area contributed by atoms with E-state index in [-0.39, 0.29) is 50.7 Å². The summed E-state index contributed by atoms with van der Waals surface area (Å²) in [5, 5.41) is 23.5. The third kappa shape index (κ3) is 2.95. The Morgan fingerprint density at radius 1 is 0.811 bits per heavy atom. The molecule has 0 amide bonds. The van der Waals surface area contributed by atoms with Crippen molar-refractivity contribution in [3.05, 3.63) is 0 Å². The molecule has 1 aliphatic heterocycles. The van der Waals surface area contributed by atoms with Crippen LogP contribution in [0.15, 0.2) is 0 Å². The minimum absolute atomic E-state index is 0.0135. The maximum Gasteiger partial charge on any atom is 0.302 e. The Labute approximate surface area is 224 Å². The maximum atomic E-state index is 11.9. The molecule has 5 heteroatoms. The molecule has 1 saturated heterocycles. The molecule has 1 spiro atoms. The third-order valence-corrected chi connectivity index (χ3v) is 14.5. The van der Waals surface area contributed by atoms with Gasteiger partial charge in [0.1, 0.15) is 6.10 Å². The maximum absolute atomic E-state index is 11.9. The zero-order chi connectivity index (χ0) is 27.0. The van der Waals surface area contributed by atoms with Gasteiger partial charge in [-0.3, -0.25) is 4.79 Å². The molecule has 0 radical (unpaired) electrons. The topological polar surface area (TPSA) is 76.0 Å². The predicted molar refractivity (Wildman–Crippen MR) is 142 cm³/mol. The van der Waals surface area contributed by atoms with Gasteiger partial charge < -0.3 is 19.7 Å². The minimum atomic E-state index is -0.865. The van der Waals surface area contributed by atoms with Gasteiger partial charge in [0.05, 0.1) is 17.1 Å². The molecular weight excluding hydrogens is 464 g/mol. The highest BCUT2D eigenvalue weighted by Gasteiger charge is 2.82. The Balaban J connectivity index is 1.42. The fourth-order valence-corrected chi connectivity index (χ4v) is 12.5. The van der Waals surface area contributed by atoms with Gasteiger partial charge in [0.2, 0.25) is 0 Å². The quantitative estimate of drug-likeness (QED) is 0.403. The first-order valence-corrected chi connectivity index (χ1v) is 15.2. The lowest BCUT2D eigenvalue weighted by atomic mass is 9.30. The number of hydrogen-bond acceptors (Lipinski definition) is 5. The van der Waals surface area contributed by atoms with Gasteiger partial charge in [-0.1, -0.05) is 48.5 Å². The van der Waals surface area contributed by atoms with Crippen LogP contribution in [0.1, 0.15) is 120 Å². The van der Waals surface area contributed by atoms with Crippen molar-refractivity contribution in [1.82, 2.24) is 0 Å². The van der Waals surface area contributed by atoms with Crippen molar-refractivity contribution >= 4 is 5.97 Å². The van der Waals surface area contributed by atoms with Crippen molar-refractivity contribution in [2.24, 2.45) is 50.2 Å². The summed E-state index contributed by atoms with van der Waals surface area (Å²) < 4.78 is 12.8. The van der Waals surface area contributed by atoms with Gasteiger partial charge in [-0.2, -0.15) is 0 Å². The molecule has 1 heterocycles. The predicted octanol–water partition coefficient (Wildman–Crippen LogP) is 6.24. The van der Waals surface area contributed by atoms with Crippen LogP contribution in [0.5, 0.6) is 0 Å². The summed E-state index contributed by atoms with van der Waals surface area (Å²) in [5.41, 5.74) is -0.782. The molecule has 11 atom stereocenters. The van der Waals surface area contributed by atoms with E-state index < -0.39 is 17.8 Å². The Hall–Kier alpha value is -0.650. The molecule has 5 nitrogen and oxygen atoms in total. The van der Waals surface area contributed by atoms with Crippen LogP contribution in [0.25, 0.3) is 0 Å². The monoisotopic (exact) mass is 516 g/mol. The van der Waals surface area contributed by atoms with Crippen molar-refractivity contribution < 1.29 is 24.5 Å². The minimum Gasteiger partial charge on any atom is -0.462 e. The summed E-state index contributed by atoms with van der Waals surface area (Å²) in [5.74, 6) is 1.04. The van der Waals surface area contributed by atoms with Crippen LogP contribution in [0, 0.1) is 50.2 Å². The van der Waals surface area contributed by atoms with E-state index in [0.29, 0.717) is 11.8 Å². The Morgan fingerprint density at radius 2 is 1.49 bits per heavy atom. The molecule has 6 fully saturated rings. The first kappa shape index (κ1) is 26.6. The number of carbonyl (C=O) groups excluding carboxylic acids is 1. The summed E-state index contributed by atoms with van der Waals surface area (Å²) >= 11 is 0. The molecule has 2 N–H and O–H groups in total. The highest BCUT2D eigenvalue weighted by Crippen LogP contribution is 2.81. The van der Waals surface area contributed by atoms with Crippen molar-refractivity contribution in [2.75, 3.05) is 0 Å². The van der Waals surface area contributed by atoms with E-state index in [1.165, 1.54) is 0 Å². The van der Waals surface area contributed by atoms with E-state index in [0.717, 1.165) is 64.2 Å². The number of hydrogen-bond donors (Lipinski definition) is 2. The van der Waals surface area contributed by atoms with Gasteiger partial charge in [0, 0.05) is 23.7 Å². The summed E-state index contributed by atoms with van der Waals surface area (Å²) in [7, 11) is 0. The molecule has 5 saturated carbocycles. The van der Waals surface area contributed by atoms with Crippen LogP contribution in [0.4, 0.5) is 0 Å². The molecular formula is C32H52O5. The largest absolute Gasteiger partial charge is 0.462 e. The first-order chi connectivity index (χ1) is 17.0. The van der Waals surface area contributed by atoms with E-state index in [1.807, 2.05) is 0 Å². The van der Waals surface area contributed by atoms with E-state index in [4.69, 9.17) is 9.47 Å². The van der Waals surface area contributed by atoms with Crippen LogP contribution in [-0.2, 0) is 14.3 Å². The highest BCUT2D eigenvalue weighted by atomic mass is 16.6. The van der Waals surface area contributed by atoms with Gasteiger partial charge >= 0.3 is 5.97 Å². The molecule has 11 unspecified atom stereocenters. The normalized spacial score (nSPS) is 57.4. The van der Waals surface area contributed by atoms with Crippen LogP contribution in [0.2, 0.25) is 0 Å². The van der Waals surface area contributed by atoms with E-state index in [2.05, 4.69) is 48.5 Å². The van der Waals surface area contributed by atoms with Crippen LogP contribution >= 0.6 is 0 Å². The fourth-order valence-electron chi connectivity index (χ4n) is 12.5. The van der Waals surface area contributed by atoms with Gasteiger partial charge in [-0.25, -0.2) is 0 Å². The number of fused-ring (bicyclic) bond motifs is 4. The number of ether oxygens (including phenoxy) is 2. The molecule has 5 aliphatic carbocycles. The Morgan fingerprint density at radius 3 is 2.16 bits per heavy atom. The molecule has 2 bridgehead atoms. The number of aliphatic hydroxyl groups is 2. The van der Waals surface area contributed by atoms with E-state index in [9.17, 15) is 15.0 Å². The number of rotatable bonds is 1. The molecule has 6 rings (SSSR count). The molecule has 6 aliphatic rings. The van der Waals surface area contributed by atoms with Gasteiger partial charge in [0.15, 0.2) is 6.29 Å². The smallest absolute Gasteiger partial charge is 0.302 e. The van der Waals surface area contributed by atoms with Gasteiger partial charge in [-0.05, 0) is 92.3 Å².